The largest absolute Gasteiger partial charge is 0.463 e. The first-order valence-electron chi connectivity index (χ1n) is 8.98. The average Bonchev–Trinajstić information content (AvgIpc) is 2.98. The number of nitrogens with zero attached hydrogens (tertiary/aromatic N) is 2. The van der Waals surface area contributed by atoms with Crippen LogP contribution >= 0.6 is 0 Å². The summed E-state index contributed by atoms with van der Waals surface area (Å²) in [4.78, 5) is 39.7. The van der Waals surface area contributed by atoms with Gasteiger partial charge in [-0.1, -0.05) is 27.7 Å². The van der Waals surface area contributed by atoms with Crippen molar-refractivity contribution in [2.75, 3.05) is 12.3 Å². The van der Waals surface area contributed by atoms with Crippen molar-refractivity contribution in [3.05, 3.63) is 22.2 Å². The van der Waals surface area contributed by atoms with E-state index < -0.39 is 24.1 Å². The molecule has 1 fully saturated rings. The van der Waals surface area contributed by atoms with E-state index in [0.717, 1.165) is 0 Å². The third-order valence-corrected chi connectivity index (χ3v) is 4.26. The molecule has 0 aliphatic carbocycles. The number of carbonyl (C=O) groups excluding carboxylic acids is 2. The maximum atomic E-state index is 12.2. The summed E-state index contributed by atoms with van der Waals surface area (Å²) in [7, 11) is 0. The summed E-state index contributed by atoms with van der Waals surface area (Å²) in [6.45, 7) is 8.55. The summed E-state index contributed by atoms with van der Waals surface area (Å²) in [5, 5.41) is 0. The van der Waals surface area contributed by atoms with E-state index >= 15 is 0 Å². The Morgan fingerprint density at radius 3 is 2.52 bits per heavy atom. The second kappa shape index (κ2) is 8.51. The van der Waals surface area contributed by atoms with Crippen LogP contribution in [0.5, 0.6) is 0 Å². The first-order valence-corrected chi connectivity index (χ1v) is 8.98. The van der Waals surface area contributed by atoms with E-state index in [9.17, 15) is 14.4 Å². The van der Waals surface area contributed by atoms with Gasteiger partial charge in [0.15, 0.2) is 0 Å². The normalized spacial score (nSPS) is 22.3. The number of rotatable bonds is 6. The van der Waals surface area contributed by atoms with Gasteiger partial charge >= 0.3 is 17.6 Å². The number of hydrogen-bond donors (Lipinski definition) is 1. The topological polar surface area (TPSA) is 123 Å². The lowest BCUT2D eigenvalue weighted by Crippen LogP contribution is -2.33. The lowest BCUT2D eigenvalue weighted by molar-refractivity contribution is -0.162. The van der Waals surface area contributed by atoms with Crippen LogP contribution in [0.2, 0.25) is 0 Å². The van der Waals surface area contributed by atoms with Gasteiger partial charge in [0.05, 0.1) is 11.8 Å². The molecule has 150 valence electrons. The number of carbonyl (C=O) groups is 2. The van der Waals surface area contributed by atoms with Crippen molar-refractivity contribution >= 4 is 17.8 Å². The zero-order chi connectivity index (χ0) is 20.3. The van der Waals surface area contributed by atoms with Crippen molar-refractivity contribution in [2.24, 2.45) is 11.8 Å². The first kappa shape index (κ1) is 20.9. The van der Waals surface area contributed by atoms with Gasteiger partial charge in [-0.2, -0.15) is 4.98 Å². The highest BCUT2D eigenvalue weighted by Crippen LogP contribution is 2.31. The summed E-state index contributed by atoms with van der Waals surface area (Å²) in [6.07, 6.45) is -0.219. The summed E-state index contributed by atoms with van der Waals surface area (Å²) in [5.41, 5.74) is 5.73. The molecule has 1 aromatic heterocycles. The van der Waals surface area contributed by atoms with Crippen molar-refractivity contribution in [1.82, 2.24) is 9.55 Å². The standard InChI is InChI=1S/C18H27N3O6/c1-9(2)16(22)25-8-13-12(27-17(23)10(3)4)6-14(26-13)21-7-11(5)15(19)20-18(21)24/h7,9-10,12-14H,6,8H2,1-5H3,(H2,19,20,24)/t12?,13-,14-/m1/s1. The summed E-state index contributed by atoms with van der Waals surface area (Å²) in [6, 6.07) is 0. The third kappa shape index (κ3) is 5.06. The van der Waals surface area contributed by atoms with Gasteiger partial charge in [0.1, 0.15) is 30.9 Å². The Labute approximate surface area is 157 Å². The number of nitrogen functional groups attached to an aromatic ring is 1. The molecule has 0 saturated carbocycles. The minimum atomic E-state index is -0.697. The number of aryl methyl sites for hydroxylation is 1. The fourth-order valence-electron chi connectivity index (χ4n) is 2.55. The second-order valence-electron chi connectivity index (χ2n) is 7.28. The number of nitrogens with two attached hydrogens (primary N) is 1. The Morgan fingerprint density at radius 1 is 1.30 bits per heavy atom. The van der Waals surface area contributed by atoms with Crippen LogP contribution in [0.25, 0.3) is 0 Å². The van der Waals surface area contributed by atoms with E-state index in [1.54, 1.807) is 40.8 Å². The van der Waals surface area contributed by atoms with Crippen LogP contribution in [0.3, 0.4) is 0 Å². The Hall–Kier alpha value is -2.42. The van der Waals surface area contributed by atoms with E-state index in [1.807, 2.05) is 0 Å². The molecule has 1 aliphatic rings. The lowest BCUT2D eigenvalue weighted by atomic mass is 10.1. The molecule has 1 aromatic rings. The molecule has 1 aliphatic heterocycles. The molecule has 0 radical (unpaired) electrons. The molecule has 0 bridgehead atoms. The van der Waals surface area contributed by atoms with E-state index in [1.165, 1.54) is 4.57 Å². The van der Waals surface area contributed by atoms with Crippen molar-refractivity contribution in [1.29, 1.82) is 0 Å². The van der Waals surface area contributed by atoms with Gasteiger partial charge < -0.3 is 19.9 Å². The van der Waals surface area contributed by atoms with E-state index in [-0.39, 0.29) is 42.6 Å². The molecular weight excluding hydrogens is 354 g/mol. The fraction of sp³-hybridized carbons (Fsp3) is 0.667. The first-order chi connectivity index (χ1) is 12.6. The number of ether oxygens (including phenoxy) is 3. The van der Waals surface area contributed by atoms with Crippen LogP contribution in [0.1, 0.15) is 45.9 Å². The molecule has 1 unspecified atom stereocenters. The monoisotopic (exact) mass is 381 g/mol. The van der Waals surface area contributed by atoms with Gasteiger partial charge in [-0.25, -0.2) is 4.79 Å². The molecule has 3 atom stereocenters. The van der Waals surface area contributed by atoms with Crippen LogP contribution in [0, 0.1) is 18.8 Å². The second-order valence-corrected chi connectivity index (χ2v) is 7.28. The van der Waals surface area contributed by atoms with E-state index in [0.29, 0.717) is 5.56 Å². The molecule has 2 N–H and O–H groups in total. The molecule has 9 heteroatoms. The summed E-state index contributed by atoms with van der Waals surface area (Å²) < 4.78 is 17.9. The van der Waals surface area contributed by atoms with Crippen LogP contribution in [0.15, 0.2) is 11.0 Å². The Balaban J connectivity index is 2.20. The Morgan fingerprint density at radius 2 is 1.93 bits per heavy atom. The smallest absolute Gasteiger partial charge is 0.351 e. The van der Waals surface area contributed by atoms with Gasteiger partial charge in [-0.05, 0) is 6.92 Å². The molecule has 2 rings (SSSR count). The zero-order valence-corrected chi connectivity index (χ0v) is 16.3. The summed E-state index contributed by atoms with van der Waals surface area (Å²) in [5.74, 6) is -1.21. The Kier molecular flexibility index (Phi) is 6.59. The molecule has 9 nitrogen and oxygen atoms in total. The van der Waals surface area contributed by atoms with Crippen LogP contribution < -0.4 is 11.4 Å². The van der Waals surface area contributed by atoms with E-state index in [4.69, 9.17) is 19.9 Å². The SMILES string of the molecule is Cc1cn([C@H]2CC(OC(=O)C(C)C)[C@@H](COC(=O)C(C)C)O2)c(=O)nc1N. The number of anilines is 1. The maximum absolute atomic E-state index is 12.2. The molecule has 0 spiro atoms. The number of esters is 2. The van der Waals surface area contributed by atoms with Gasteiger partial charge in [0.25, 0.3) is 0 Å². The molecule has 0 amide bonds. The lowest BCUT2D eigenvalue weighted by Gasteiger charge is -2.20. The number of aromatic nitrogens is 2. The van der Waals surface area contributed by atoms with E-state index in [2.05, 4.69) is 4.98 Å². The van der Waals surface area contributed by atoms with Crippen LogP contribution in [0.4, 0.5) is 5.82 Å². The number of hydrogen-bond acceptors (Lipinski definition) is 8. The van der Waals surface area contributed by atoms with Crippen LogP contribution in [-0.2, 0) is 23.8 Å². The van der Waals surface area contributed by atoms with Crippen LogP contribution in [-0.4, -0.2) is 40.3 Å². The molecular formula is C18H27N3O6. The van der Waals surface area contributed by atoms with Crippen molar-refractivity contribution in [2.45, 2.75) is 59.5 Å². The third-order valence-electron chi connectivity index (χ3n) is 4.26. The minimum absolute atomic E-state index is 0.0698. The van der Waals surface area contributed by atoms with Gasteiger partial charge in [0, 0.05) is 18.2 Å². The van der Waals surface area contributed by atoms with Crippen molar-refractivity contribution in [3.63, 3.8) is 0 Å². The highest BCUT2D eigenvalue weighted by atomic mass is 16.6. The molecule has 2 heterocycles. The predicted molar refractivity (Wildman–Crippen MR) is 96.7 cm³/mol. The fourth-order valence-corrected chi connectivity index (χ4v) is 2.55. The zero-order valence-electron chi connectivity index (χ0n) is 16.3. The molecule has 0 aromatic carbocycles. The molecule has 1 saturated heterocycles. The predicted octanol–water partition coefficient (Wildman–Crippen LogP) is 1.19. The quantitative estimate of drug-likeness (QED) is 0.729. The highest BCUT2D eigenvalue weighted by molar-refractivity contribution is 5.72. The van der Waals surface area contributed by atoms with Gasteiger partial charge in [-0.3, -0.25) is 14.2 Å². The highest BCUT2D eigenvalue weighted by Gasteiger charge is 2.40. The van der Waals surface area contributed by atoms with Gasteiger partial charge in [0.2, 0.25) is 0 Å². The maximum Gasteiger partial charge on any atom is 0.351 e. The Bertz CT molecular complexity index is 758. The minimum Gasteiger partial charge on any atom is -0.463 e. The van der Waals surface area contributed by atoms with Crippen molar-refractivity contribution < 1.29 is 23.8 Å². The summed E-state index contributed by atoms with van der Waals surface area (Å²) >= 11 is 0. The molecule has 27 heavy (non-hydrogen) atoms. The van der Waals surface area contributed by atoms with Gasteiger partial charge in [-0.15, -0.1) is 0 Å². The average molecular weight is 381 g/mol. The van der Waals surface area contributed by atoms with Crippen molar-refractivity contribution in [3.8, 4) is 0 Å².